The molecule has 2 aromatic rings. The lowest BCUT2D eigenvalue weighted by Gasteiger charge is -2.14. The molecule has 1 aromatic heterocycles. The van der Waals surface area contributed by atoms with Crippen molar-refractivity contribution in [3.63, 3.8) is 0 Å². The molecule has 2 heterocycles. The van der Waals surface area contributed by atoms with Crippen LogP contribution in [0.1, 0.15) is 31.7 Å². The highest BCUT2D eigenvalue weighted by molar-refractivity contribution is 5.82. The van der Waals surface area contributed by atoms with Crippen LogP contribution in [0.2, 0.25) is 0 Å². The van der Waals surface area contributed by atoms with Gasteiger partial charge in [-0.05, 0) is 38.4 Å². The second-order valence-corrected chi connectivity index (χ2v) is 5.54. The highest BCUT2D eigenvalue weighted by Crippen LogP contribution is 2.27. The van der Waals surface area contributed by atoms with Crippen LogP contribution < -0.4 is 15.4 Å². The van der Waals surface area contributed by atoms with Gasteiger partial charge in [-0.15, -0.1) is 0 Å². The van der Waals surface area contributed by atoms with E-state index in [9.17, 15) is 4.79 Å². The molecule has 0 aliphatic carbocycles. The van der Waals surface area contributed by atoms with E-state index in [1.54, 1.807) is 7.11 Å². The standard InChI is InChI=1S/C16H20N4O3/c1-10(18-15(21)12-7-5-9-17-12)16-19-14(20-23-16)11-6-3-4-8-13(11)22-2/h3-4,6,8,10,12,17H,5,7,9H2,1-2H3,(H,18,21). The Morgan fingerprint density at radius 1 is 1.48 bits per heavy atom. The highest BCUT2D eigenvalue weighted by atomic mass is 16.5. The summed E-state index contributed by atoms with van der Waals surface area (Å²) in [6.45, 7) is 2.71. The van der Waals surface area contributed by atoms with Crippen LogP contribution in [-0.2, 0) is 4.79 Å². The number of aromatic nitrogens is 2. The summed E-state index contributed by atoms with van der Waals surface area (Å²) in [6, 6.07) is 6.97. The molecule has 23 heavy (non-hydrogen) atoms. The van der Waals surface area contributed by atoms with Crippen molar-refractivity contribution in [2.75, 3.05) is 13.7 Å². The van der Waals surface area contributed by atoms with E-state index in [1.165, 1.54) is 0 Å². The molecule has 2 atom stereocenters. The van der Waals surface area contributed by atoms with Crippen molar-refractivity contribution in [1.82, 2.24) is 20.8 Å². The maximum Gasteiger partial charge on any atom is 0.249 e. The first-order valence-corrected chi connectivity index (χ1v) is 7.70. The van der Waals surface area contributed by atoms with Crippen LogP contribution in [0.3, 0.4) is 0 Å². The average molecular weight is 316 g/mol. The SMILES string of the molecule is COc1ccccc1-c1noc(C(C)NC(=O)C2CCCN2)n1. The molecular weight excluding hydrogens is 296 g/mol. The average Bonchev–Trinajstić information content (AvgIpc) is 3.26. The fourth-order valence-electron chi connectivity index (χ4n) is 2.63. The summed E-state index contributed by atoms with van der Waals surface area (Å²) in [7, 11) is 1.59. The molecule has 122 valence electrons. The number of carbonyl (C=O) groups excluding carboxylic acids is 1. The molecule has 1 aromatic carbocycles. The number of benzene rings is 1. The molecule has 0 saturated carbocycles. The van der Waals surface area contributed by atoms with Crippen LogP contribution in [0.4, 0.5) is 0 Å². The van der Waals surface area contributed by atoms with Gasteiger partial charge in [-0.2, -0.15) is 4.98 Å². The number of ether oxygens (including phenoxy) is 1. The maximum atomic E-state index is 12.1. The van der Waals surface area contributed by atoms with Crippen molar-refractivity contribution < 1.29 is 14.1 Å². The molecule has 1 fully saturated rings. The van der Waals surface area contributed by atoms with Crippen molar-refractivity contribution in [2.45, 2.75) is 31.8 Å². The van der Waals surface area contributed by atoms with Gasteiger partial charge in [0.05, 0.1) is 18.7 Å². The molecule has 2 unspecified atom stereocenters. The fourth-order valence-corrected chi connectivity index (χ4v) is 2.63. The van der Waals surface area contributed by atoms with E-state index in [0.29, 0.717) is 17.5 Å². The van der Waals surface area contributed by atoms with Gasteiger partial charge >= 0.3 is 0 Å². The summed E-state index contributed by atoms with van der Waals surface area (Å²) in [5.74, 6) is 1.45. The zero-order valence-corrected chi connectivity index (χ0v) is 13.2. The Bertz CT molecular complexity index is 679. The second kappa shape index (κ2) is 6.78. The maximum absolute atomic E-state index is 12.1. The van der Waals surface area contributed by atoms with Gasteiger partial charge < -0.3 is 19.9 Å². The normalized spacial score (nSPS) is 18.6. The van der Waals surface area contributed by atoms with Gasteiger partial charge in [-0.1, -0.05) is 17.3 Å². The molecule has 0 spiro atoms. The van der Waals surface area contributed by atoms with Crippen LogP contribution in [0.15, 0.2) is 28.8 Å². The minimum absolute atomic E-state index is 0.0351. The molecule has 0 bridgehead atoms. The summed E-state index contributed by atoms with van der Waals surface area (Å²) < 4.78 is 10.6. The minimum atomic E-state index is -0.346. The number of para-hydroxylation sites is 1. The van der Waals surface area contributed by atoms with Crippen LogP contribution in [0.25, 0.3) is 11.4 Å². The number of methoxy groups -OCH3 is 1. The smallest absolute Gasteiger partial charge is 0.249 e. The zero-order valence-electron chi connectivity index (χ0n) is 13.2. The largest absolute Gasteiger partial charge is 0.496 e. The lowest BCUT2D eigenvalue weighted by Crippen LogP contribution is -2.41. The Morgan fingerprint density at radius 3 is 3.04 bits per heavy atom. The Balaban J connectivity index is 1.72. The molecule has 3 rings (SSSR count). The molecule has 1 aliphatic heterocycles. The van der Waals surface area contributed by atoms with E-state index >= 15 is 0 Å². The van der Waals surface area contributed by atoms with E-state index in [4.69, 9.17) is 9.26 Å². The predicted octanol–water partition coefficient (Wildman–Crippen LogP) is 1.67. The van der Waals surface area contributed by atoms with Crippen molar-refractivity contribution in [1.29, 1.82) is 0 Å². The van der Waals surface area contributed by atoms with Gasteiger partial charge in [-0.25, -0.2) is 0 Å². The molecule has 0 radical (unpaired) electrons. The van der Waals surface area contributed by atoms with Crippen molar-refractivity contribution >= 4 is 5.91 Å². The van der Waals surface area contributed by atoms with E-state index < -0.39 is 0 Å². The van der Waals surface area contributed by atoms with Crippen molar-refractivity contribution in [2.24, 2.45) is 0 Å². The predicted molar refractivity (Wildman–Crippen MR) is 83.9 cm³/mol. The lowest BCUT2D eigenvalue weighted by molar-refractivity contribution is -0.123. The van der Waals surface area contributed by atoms with Crippen LogP contribution in [0, 0.1) is 0 Å². The first kappa shape index (κ1) is 15.5. The third kappa shape index (κ3) is 3.34. The molecule has 7 heteroatoms. The van der Waals surface area contributed by atoms with E-state index in [1.807, 2.05) is 31.2 Å². The van der Waals surface area contributed by atoms with Crippen molar-refractivity contribution in [3.05, 3.63) is 30.2 Å². The summed E-state index contributed by atoms with van der Waals surface area (Å²) in [5.41, 5.74) is 0.751. The summed E-state index contributed by atoms with van der Waals surface area (Å²) in [6.07, 6.45) is 1.87. The number of carbonyl (C=O) groups is 1. The van der Waals surface area contributed by atoms with E-state index in [2.05, 4.69) is 20.8 Å². The van der Waals surface area contributed by atoms with Gasteiger partial charge in [0.25, 0.3) is 0 Å². The number of nitrogens with one attached hydrogen (secondary N) is 2. The monoisotopic (exact) mass is 316 g/mol. The van der Waals surface area contributed by atoms with Gasteiger partial charge in [0.2, 0.25) is 17.6 Å². The Morgan fingerprint density at radius 2 is 2.30 bits per heavy atom. The van der Waals surface area contributed by atoms with E-state index in [0.717, 1.165) is 24.9 Å². The van der Waals surface area contributed by atoms with E-state index in [-0.39, 0.29) is 18.0 Å². The number of hydrogen-bond donors (Lipinski definition) is 2. The Hall–Kier alpha value is -2.41. The molecule has 1 saturated heterocycles. The summed E-state index contributed by atoms with van der Waals surface area (Å²) >= 11 is 0. The Labute approximate surface area is 134 Å². The third-order valence-corrected chi connectivity index (χ3v) is 3.90. The minimum Gasteiger partial charge on any atom is -0.496 e. The molecule has 2 N–H and O–H groups in total. The van der Waals surface area contributed by atoms with Crippen molar-refractivity contribution in [3.8, 4) is 17.1 Å². The fraction of sp³-hybridized carbons (Fsp3) is 0.438. The van der Waals surface area contributed by atoms with Gasteiger partial charge in [0.1, 0.15) is 11.8 Å². The second-order valence-electron chi connectivity index (χ2n) is 5.54. The molecular formula is C16H20N4O3. The first-order chi connectivity index (χ1) is 11.2. The summed E-state index contributed by atoms with van der Waals surface area (Å²) in [5, 5.41) is 10.1. The quantitative estimate of drug-likeness (QED) is 0.872. The van der Waals surface area contributed by atoms with Crippen LogP contribution in [-0.4, -0.2) is 35.7 Å². The summed E-state index contributed by atoms with van der Waals surface area (Å²) in [4.78, 5) is 16.5. The molecule has 1 aliphatic rings. The topological polar surface area (TPSA) is 89.3 Å². The molecule has 1 amide bonds. The highest BCUT2D eigenvalue weighted by Gasteiger charge is 2.25. The number of rotatable bonds is 5. The number of nitrogens with zero attached hydrogens (tertiary/aromatic N) is 2. The number of amides is 1. The Kier molecular flexibility index (Phi) is 4.57. The van der Waals surface area contributed by atoms with Crippen LogP contribution >= 0.6 is 0 Å². The van der Waals surface area contributed by atoms with Crippen LogP contribution in [0.5, 0.6) is 5.75 Å². The van der Waals surface area contributed by atoms with Gasteiger partial charge in [-0.3, -0.25) is 4.79 Å². The van der Waals surface area contributed by atoms with Gasteiger partial charge in [0.15, 0.2) is 0 Å². The zero-order chi connectivity index (χ0) is 16.2. The lowest BCUT2D eigenvalue weighted by atomic mass is 10.2. The third-order valence-electron chi connectivity index (χ3n) is 3.90. The molecule has 7 nitrogen and oxygen atoms in total. The first-order valence-electron chi connectivity index (χ1n) is 7.70. The van der Waals surface area contributed by atoms with Gasteiger partial charge in [0, 0.05) is 0 Å². The number of hydrogen-bond acceptors (Lipinski definition) is 6.